The molecule has 1 aliphatic heterocycles. The molecule has 3 amide bonds. The Kier molecular flexibility index (Phi) is 10.1. The van der Waals surface area contributed by atoms with Crippen LogP contribution in [0.1, 0.15) is 60.3 Å². The van der Waals surface area contributed by atoms with E-state index in [1.807, 2.05) is 45.2 Å². The van der Waals surface area contributed by atoms with E-state index in [2.05, 4.69) is 5.10 Å². The van der Waals surface area contributed by atoms with Gasteiger partial charge in [0.1, 0.15) is 18.3 Å². The highest BCUT2D eigenvalue weighted by Gasteiger charge is 2.31. The van der Waals surface area contributed by atoms with Gasteiger partial charge in [-0.3, -0.25) is 19.1 Å². The van der Waals surface area contributed by atoms with Crippen LogP contribution in [0.2, 0.25) is 0 Å². The van der Waals surface area contributed by atoms with Gasteiger partial charge in [-0.1, -0.05) is 12.1 Å². The third-order valence-corrected chi connectivity index (χ3v) is 7.00. The number of aryl methyl sites for hydroxylation is 2. The van der Waals surface area contributed by atoms with Crippen molar-refractivity contribution in [2.24, 2.45) is 0 Å². The molecule has 2 heterocycles. The average molecular weight is 512 g/mol. The molecule has 9 heteroatoms. The number of aromatic nitrogens is 2. The summed E-state index contributed by atoms with van der Waals surface area (Å²) in [5.41, 5.74) is 2.32. The molecule has 3 rings (SSSR count). The standard InChI is InChI=1S/C28H41N5O4/c1-21-19-22(2)33(29-21)20-26(34)30(3)16-11-9-14-24-28(36)31(4)17-10-6-12-18-37-25-15-8-7-13-23(25)27(35)32(24)5/h7-8,13,15,19,24H,6,9-12,14,16-18,20H2,1-5H3/t24-/m0/s1. The summed E-state index contributed by atoms with van der Waals surface area (Å²) in [6.45, 7) is 5.82. The molecule has 1 atom stereocenters. The number of benzene rings is 1. The maximum Gasteiger partial charge on any atom is 0.258 e. The van der Waals surface area contributed by atoms with E-state index in [0.29, 0.717) is 43.9 Å². The number of unbranched alkanes of at least 4 members (excludes halogenated alkanes) is 1. The van der Waals surface area contributed by atoms with E-state index in [0.717, 1.165) is 37.1 Å². The molecule has 0 radical (unpaired) electrons. The topological polar surface area (TPSA) is 88.0 Å². The number of hydrogen-bond donors (Lipinski definition) is 0. The van der Waals surface area contributed by atoms with Gasteiger partial charge in [-0.05, 0) is 70.6 Å². The maximum atomic E-state index is 13.4. The summed E-state index contributed by atoms with van der Waals surface area (Å²) in [6, 6.07) is 8.60. The number of nitrogens with zero attached hydrogens (tertiary/aromatic N) is 5. The van der Waals surface area contributed by atoms with E-state index >= 15 is 0 Å². The maximum absolute atomic E-state index is 13.4. The van der Waals surface area contributed by atoms with E-state index in [4.69, 9.17) is 4.74 Å². The fourth-order valence-corrected chi connectivity index (χ4v) is 4.65. The molecule has 0 bridgehead atoms. The molecule has 1 aliphatic rings. The van der Waals surface area contributed by atoms with Crippen LogP contribution < -0.4 is 4.74 Å². The number of fused-ring (bicyclic) bond motifs is 1. The van der Waals surface area contributed by atoms with E-state index in [-0.39, 0.29) is 24.3 Å². The first-order chi connectivity index (χ1) is 17.7. The molecule has 0 aliphatic carbocycles. The van der Waals surface area contributed by atoms with Gasteiger partial charge in [-0.25, -0.2) is 0 Å². The largest absolute Gasteiger partial charge is 0.493 e. The lowest BCUT2D eigenvalue weighted by atomic mass is 10.0. The van der Waals surface area contributed by atoms with Crippen LogP contribution in [-0.4, -0.2) is 89.1 Å². The molecule has 0 fully saturated rings. The number of carbonyl (C=O) groups excluding carboxylic acids is 3. The Morgan fingerprint density at radius 1 is 1.11 bits per heavy atom. The summed E-state index contributed by atoms with van der Waals surface area (Å²) in [6.07, 6.45) is 4.67. The fraction of sp³-hybridized carbons (Fsp3) is 0.571. The van der Waals surface area contributed by atoms with Crippen molar-refractivity contribution in [3.05, 3.63) is 47.3 Å². The van der Waals surface area contributed by atoms with E-state index in [9.17, 15) is 14.4 Å². The first-order valence-corrected chi connectivity index (χ1v) is 13.2. The first-order valence-electron chi connectivity index (χ1n) is 13.2. The van der Waals surface area contributed by atoms with Crippen LogP contribution in [0.15, 0.2) is 30.3 Å². The molecule has 1 aromatic heterocycles. The number of carbonyl (C=O) groups is 3. The van der Waals surface area contributed by atoms with Crippen molar-refractivity contribution >= 4 is 17.7 Å². The monoisotopic (exact) mass is 511 g/mol. The van der Waals surface area contributed by atoms with Crippen LogP contribution in [-0.2, 0) is 16.1 Å². The van der Waals surface area contributed by atoms with Crippen LogP contribution >= 0.6 is 0 Å². The smallest absolute Gasteiger partial charge is 0.258 e. The van der Waals surface area contributed by atoms with E-state index < -0.39 is 6.04 Å². The normalized spacial score (nSPS) is 17.4. The summed E-state index contributed by atoms with van der Waals surface area (Å²) in [4.78, 5) is 44.5. The molecule has 9 nitrogen and oxygen atoms in total. The number of ether oxygens (including phenoxy) is 1. The van der Waals surface area contributed by atoms with Gasteiger partial charge in [0.15, 0.2) is 0 Å². The van der Waals surface area contributed by atoms with Crippen molar-refractivity contribution in [2.75, 3.05) is 40.8 Å². The van der Waals surface area contributed by atoms with E-state index in [1.165, 1.54) is 0 Å². The molecule has 0 spiro atoms. The predicted octanol–water partition coefficient (Wildman–Crippen LogP) is 3.29. The van der Waals surface area contributed by atoms with Gasteiger partial charge in [-0.15, -0.1) is 0 Å². The van der Waals surface area contributed by atoms with Crippen LogP contribution in [0.4, 0.5) is 0 Å². The Labute approximate surface area is 220 Å². The van der Waals surface area contributed by atoms with Crippen LogP contribution in [0.5, 0.6) is 5.75 Å². The van der Waals surface area contributed by atoms with Crippen LogP contribution in [0.25, 0.3) is 0 Å². The molecule has 0 saturated carbocycles. The summed E-state index contributed by atoms with van der Waals surface area (Å²) in [5.74, 6) is 0.273. The lowest BCUT2D eigenvalue weighted by Crippen LogP contribution is -2.48. The molecule has 0 N–H and O–H groups in total. The van der Waals surface area contributed by atoms with Crippen LogP contribution in [0, 0.1) is 13.8 Å². The number of amides is 3. The quantitative estimate of drug-likeness (QED) is 0.533. The van der Waals surface area contributed by atoms with Crippen molar-refractivity contribution in [3.8, 4) is 5.75 Å². The van der Waals surface area contributed by atoms with Gasteiger partial charge in [0.05, 0.1) is 17.9 Å². The Bertz CT molecular complexity index is 1080. The Balaban J connectivity index is 1.64. The van der Waals surface area contributed by atoms with Gasteiger partial charge in [0.2, 0.25) is 11.8 Å². The third-order valence-electron chi connectivity index (χ3n) is 7.00. The molecule has 1 aromatic carbocycles. The zero-order valence-electron chi connectivity index (χ0n) is 22.9. The van der Waals surface area contributed by atoms with Crippen LogP contribution in [0.3, 0.4) is 0 Å². The fourth-order valence-electron chi connectivity index (χ4n) is 4.65. The van der Waals surface area contributed by atoms with Gasteiger partial charge < -0.3 is 19.4 Å². The van der Waals surface area contributed by atoms with Crippen molar-refractivity contribution < 1.29 is 19.1 Å². The third kappa shape index (κ3) is 7.57. The number of hydrogen-bond acceptors (Lipinski definition) is 5. The van der Waals surface area contributed by atoms with Gasteiger partial charge in [0, 0.05) is 39.9 Å². The first kappa shape index (κ1) is 28.2. The number of para-hydroxylation sites is 1. The minimum absolute atomic E-state index is 0.00650. The second-order valence-electron chi connectivity index (χ2n) is 9.99. The molecule has 202 valence electrons. The van der Waals surface area contributed by atoms with Crippen molar-refractivity contribution in [3.63, 3.8) is 0 Å². The summed E-state index contributed by atoms with van der Waals surface area (Å²) in [5, 5.41) is 4.37. The molecule has 37 heavy (non-hydrogen) atoms. The highest BCUT2D eigenvalue weighted by atomic mass is 16.5. The summed E-state index contributed by atoms with van der Waals surface area (Å²) in [7, 11) is 5.29. The molecular weight excluding hydrogens is 470 g/mol. The van der Waals surface area contributed by atoms with Gasteiger partial charge in [-0.2, -0.15) is 5.10 Å². The minimum Gasteiger partial charge on any atom is -0.493 e. The second-order valence-corrected chi connectivity index (χ2v) is 9.99. The van der Waals surface area contributed by atoms with Crippen molar-refractivity contribution in [1.29, 1.82) is 0 Å². The zero-order chi connectivity index (χ0) is 26.9. The number of likely N-dealkylation sites (N-methyl/N-ethyl adjacent to an activating group) is 3. The van der Waals surface area contributed by atoms with Crippen molar-refractivity contribution in [2.45, 2.75) is 65.0 Å². The minimum atomic E-state index is -0.581. The van der Waals surface area contributed by atoms with Crippen molar-refractivity contribution in [1.82, 2.24) is 24.5 Å². The van der Waals surface area contributed by atoms with Gasteiger partial charge >= 0.3 is 0 Å². The molecular formula is C28H41N5O4. The highest BCUT2D eigenvalue weighted by molar-refractivity contribution is 5.99. The molecule has 0 saturated heterocycles. The summed E-state index contributed by atoms with van der Waals surface area (Å²) >= 11 is 0. The lowest BCUT2D eigenvalue weighted by molar-refractivity contribution is -0.135. The predicted molar refractivity (Wildman–Crippen MR) is 142 cm³/mol. The van der Waals surface area contributed by atoms with Gasteiger partial charge in [0.25, 0.3) is 5.91 Å². The summed E-state index contributed by atoms with van der Waals surface area (Å²) < 4.78 is 7.64. The lowest BCUT2D eigenvalue weighted by Gasteiger charge is -2.31. The Morgan fingerprint density at radius 2 is 1.86 bits per heavy atom. The Hall–Kier alpha value is -3.36. The second kappa shape index (κ2) is 13.3. The Morgan fingerprint density at radius 3 is 2.59 bits per heavy atom. The molecule has 2 aromatic rings. The molecule has 0 unspecified atom stereocenters. The van der Waals surface area contributed by atoms with E-state index in [1.54, 1.807) is 39.5 Å². The SMILES string of the molecule is Cc1cc(C)n(CC(=O)N(C)CCCC[C@H]2C(=O)N(C)CCCCCOc3ccccc3C(=O)N2C)n1. The highest BCUT2D eigenvalue weighted by Crippen LogP contribution is 2.23. The zero-order valence-corrected chi connectivity index (χ0v) is 22.9. The number of rotatable bonds is 7. The average Bonchev–Trinajstić information content (AvgIpc) is 3.20.